The monoisotopic (exact) mass is 631 g/mol. The van der Waals surface area contributed by atoms with Crippen LogP contribution in [-0.2, 0) is 32.6 Å². The minimum atomic E-state index is -4.15. The van der Waals surface area contributed by atoms with Crippen molar-refractivity contribution < 1.29 is 18.0 Å². The first-order valence-corrected chi connectivity index (χ1v) is 16.4. The van der Waals surface area contributed by atoms with Crippen LogP contribution in [0.5, 0.6) is 0 Å². The average Bonchev–Trinajstić information content (AvgIpc) is 3.03. The highest BCUT2D eigenvalue weighted by molar-refractivity contribution is 7.92. The second kappa shape index (κ2) is 15.0. The van der Waals surface area contributed by atoms with Crippen LogP contribution in [0.2, 0.25) is 5.02 Å². The van der Waals surface area contributed by atoms with Gasteiger partial charge in [-0.2, -0.15) is 0 Å². The average molecular weight is 632 g/mol. The van der Waals surface area contributed by atoms with Gasteiger partial charge in [-0.25, -0.2) is 8.42 Å². The van der Waals surface area contributed by atoms with Crippen LogP contribution in [0.25, 0.3) is 0 Å². The molecular weight excluding hydrogens is 594 g/mol. The third kappa shape index (κ3) is 8.27. The Morgan fingerprint density at radius 1 is 0.864 bits per heavy atom. The molecule has 0 aromatic heterocycles. The number of hydrogen-bond acceptors (Lipinski definition) is 4. The molecule has 0 saturated carbocycles. The van der Waals surface area contributed by atoms with E-state index in [-0.39, 0.29) is 29.8 Å². The van der Waals surface area contributed by atoms with Crippen molar-refractivity contribution in [2.24, 2.45) is 0 Å². The van der Waals surface area contributed by atoms with Gasteiger partial charge < -0.3 is 10.2 Å². The number of amides is 2. The van der Waals surface area contributed by atoms with Gasteiger partial charge in [-0.3, -0.25) is 13.9 Å². The molecule has 1 N–H and O–H groups in total. The fraction of sp³-hybridized carbons (Fsp3) is 0.257. The standard InChI is InChI=1S/C35H38ClN3O4S/c1-4-27(3)37-35(41)33(23-28-15-7-5-8-16-28)38(24-29-17-11-12-21-32(29)36)34(40)25-39(30-18-13-14-26(2)22-30)44(42,43)31-19-9-6-10-20-31/h5-22,27,33H,4,23-25H2,1-3H3,(H,37,41)/t27-,33-/m0/s1. The number of rotatable bonds is 13. The second-order valence-electron chi connectivity index (χ2n) is 10.8. The van der Waals surface area contributed by atoms with Gasteiger partial charge in [0.25, 0.3) is 10.0 Å². The lowest BCUT2D eigenvalue weighted by atomic mass is 10.0. The second-order valence-corrected chi connectivity index (χ2v) is 13.1. The number of carbonyl (C=O) groups is 2. The first-order valence-electron chi connectivity index (χ1n) is 14.6. The number of benzene rings is 4. The number of anilines is 1. The molecule has 0 saturated heterocycles. The van der Waals surface area contributed by atoms with E-state index in [9.17, 15) is 18.0 Å². The first kappa shape index (κ1) is 32.8. The van der Waals surface area contributed by atoms with Gasteiger partial charge in [0.15, 0.2) is 0 Å². The largest absolute Gasteiger partial charge is 0.352 e. The molecule has 44 heavy (non-hydrogen) atoms. The van der Waals surface area contributed by atoms with Crippen molar-refractivity contribution in [3.05, 3.63) is 131 Å². The third-order valence-corrected chi connectivity index (χ3v) is 9.63. The molecule has 230 valence electrons. The van der Waals surface area contributed by atoms with Crippen LogP contribution in [-0.4, -0.2) is 43.8 Å². The molecule has 0 unspecified atom stereocenters. The zero-order valence-corrected chi connectivity index (χ0v) is 26.8. The number of hydrogen-bond donors (Lipinski definition) is 1. The van der Waals surface area contributed by atoms with Crippen molar-refractivity contribution in [2.45, 2.75) is 57.1 Å². The number of carbonyl (C=O) groups excluding carboxylic acids is 2. The Hall–Kier alpha value is -4.14. The Balaban J connectivity index is 1.81. The molecule has 0 fully saturated rings. The van der Waals surface area contributed by atoms with Crippen molar-refractivity contribution in [2.75, 3.05) is 10.8 Å². The van der Waals surface area contributed by atoms with Crippen LogP contribution in [0.15, 0.2) is 114 Å². The summed E-state index contributed by atoms with van der Waals surface area (Å²) in [6.45, 7) is 5.23. The van der Waals surface area contributed by atoms with Gasteiger partial charge in [-0.05, 0) is 67.3 Å². The fourth-order valence-electron chi connectivity index (χ4n) is 4.84. The summed E-state index contributed by atoms with van der Waals surface area (Å²) in [5.41, 5.74) is 2.70. The Kier molecular flexibility index (Phi) is 11.2. The Labute approximate surface area is 265 Å². The summed E-state index contributed by atoms with van der Waals surface area (Å²) in [5.74, 6) is -0.859. The Bertz CT molecular complexity index is 1670. The molecule has 2 amide bonds. The summed E-state index contributed by atoms with van der Waals surface area (Å²) in [4.78, 5) is 29.9. The molecule has 0 radical (unpaired) electrons. The van der Waals surface area contributed by atoms with Crippen molar-refractivity contribution in [1.82, 2.24) is 10.2 Å². The molecule has 0 bridgehead atoms. The van der Waals surface area contributed by atoms with E-state index in [1.54, 1.807) is 54.6 Å². The number of nitrogens with one attached hydrogen (secondary N) is 1. The fourth-order valence-corrected chi connectivity index (χ4v) is 6.46. The van der Waals surface area contributed by atoms with Crippen LogP contribution in [0, 0.1) is 6.92 Å². The van der Waals surface area contributed by atoms with Gasteiger partial charge in [0.05, 0.1) is 10.6 Å². The summed E-state index contributed by atoms with van der Waals surface area (Å²) in [6, 6.07) is 30.5. The molecule has 0 spiro atoms. The zero-order valence-electron chi connectivity index (χ0n) is 25.2. The van der Waals surface area contributed by atoms with E-state index in [1.165, 1.54) is 17.0 Å². The molecular formula is C35H38ClN3O4S. The van der Waals surface area contributed by atoms with E-state index in [4.69, 9.17) is 11.6 Å². The molecule has 9 heteroatoms. The summed E-state index contributed by atoms with van der Waals surface area (Å²) in [6.07, 6.45) is 0.938. The van der Waals surface area contributed by atoms with Gasteiger partial charge in [-0.1, -0.05) is 97.4 Å². The minimum Gasteiger partial charge on any atom is -0.352 e. The molecule has 0 heterocycles. The summed E-state index contributed by atoms with van der Waals surface area (Å²) >= 11 is 6.55. The number of nitrogens with zero attached hydrogens (tertiary/aromatic N) is 2. The van der Waals surface area contributed by atoms with Crippen molar-refractivity contribution in [3.8, 4) is 0 Å². The molecule has 4 aromatic carbocycles. The van der Waals surface area contributed by atoms with E-state index in [0.717, 1.165) is 15.4 Å². The van der Waals surface area contributed by atoms with Crippen molar-refractivity contribution in [1.29, 1.82) is 0 Å². The van der Waals surface area contributed by atoms with Gasteiger partial charge in [-0.15, -0.1) is 0 Å². The molecule has 0 aliphatic rings. The number of sulfonamides is 1. The summed E-state index contributed by atoms with van der Waals surface area (Å²) < 4.78 is 29.2. The van der Waals surface area contributed by atoms with Gasteiger partial charge >= 0.3 is 0 Å². The SMILES string of the molecule is CC[C@H](C)NC(=O)[C@H](Cc1ccccc1)N(Cc1ccccc1Cl)C(=O)CN(c1cccc(C)c1)S(=O)(=O)c1ccccc1. The van der Waals surface area contributed by atoms with E-state index in [2.05, 4.69) is 5.32 Å². The number of halogens is 1. The highest BCUT2D eigenvalue weighted by Gasteiger charge is 2.35. The third-order valence-electron chi connectivity index (χ3n) is 7.47. The van der Waals surface area contributed by atoms with Gasteiger partial charge in [0.2, 0.25) is 11.8 Å². The van der Waals surface area contributed by atoms with Crippen LogP contribution >= 0.6 is 11.6 Å². The topological polar surface area (TPSA) is 86.8 Å². The number of aryl methyl sites for hydroxylation is 1. The maximum absolute atomic E-state index is 14.5. The smallest absolute Gasteiger partial charge is 0.264 e. The van der Waals surface area contributed by atoms with Crippen molar-refractivity contribution in [3.63, 3.8) is 0 Å². The van der Waals surface area contributed by atoms with E-state index in [1.807, 2.05) is 63.2 Å². The molecule has 0 aliphatic carbocycles. The lowest BCUT2D eigenvalue weighted by Crippen LogP contribution is -2.54. The maximum atomic E-state index is 14.5. The van der Waals surface area contributed by atoms with Gasteiger partial charge in [0, 0.05) is 24.0 Å². The highest BCUT2D eigenvalue weighted by Crippen LogP contribution is 2.26. The lowest BCUT2D eigenvalue weighted by Gasteiger charge is -2.34. The molecule has 4 rings (SSSR count). The predicted octanol–water partition coefficient (Wildman–Crippen LogP) is 6.40. The highest BCUT2D eigenvalue weighted by atomic mass is 35.5. The summed E-state index contributed by atoms with van der Waals surface area (Å²) in [5, 5.41) is 3.48. The molecule has 7 nitrogen and oxygen atoms in total. The minimum absolute atomic E-state index is 0.0109. The van der Waals surface area contributed by atoms with Crippen LogP contribution < -0.4 is 9.62 Å². The van der Waals surface area contributed by atoms with Crippen LogP contribution in [0.4, 0.5) is 5.69 Å². The zero-order chi connectivity index (χ0) is 31.7. The van der Waals surface area contributed by atoms with Gasteiger partial charge in [0.1, 0.15) is 12.6 Å². The van der Waals surface area contributed by atoms with E-state index < -0.39 is 28.5 Å². The predicted molar refractivity (Wildman–Crippen MR) is 176 cm³/mol. The Morgan fingerprint density at radius 2 is 1.50 bits per heavy atom. The lowest BCUT2D eigenvalue weighted by molar-refractivity contribution is -0.140. The quantitative estimate of drug-likeness (QED) is 0.185. The molecule has 2 atom stereocenters. The molecule has 4 aromatic rings. The maximum Gasteiger partial charge on any atom is 0.264 e. The van der Waals surface area contributed by atoms with Crippen LogP contribution in [0.1, 0.15) is 37.0 Å². The van der Waals surface area contributed by atoms with E-state index >= 15 is 0 Å². The normalized spacial score (nSPS) is 12.6. The van der Waals surface area contributed by atoms with Crippen LogP contribution in [0.3, 0.4) is 0 Å². The Morgan fingerprint density at radius 3 is 2.14 bits per heavy atom. The first-order chi connectivity index (χ1) is 21.1. The van der Waals surface area contributed by atoms with Crippen molar-refractivity contribution >= 4 is 39.1 Å². The summed E-state index contributed by atoms with van der Waals surface area (Å²) in [7, 11) is -4.15. The molecule has 0 aliphatic heterocycles. The van der Waals surface area contributed by atoms with E-state index in [0.29, 0.717) is 22.7 Å².